The van der Waals surface area contributed by atoms with Crippen LogP contribution < -0.4 is 0 Å². The van der Waals surface area contributed by atoms with Gasteiger partial charge in [0.2, 0.25) is 0 Å². The van der Waals surface area contributed by atoms with E-state index in [4.69, 9.17) is 28.3 Å². The maximum absolute atomic E-state index is 4.84. The van der Waals surface area contributed by atoms with Crippen LogP contribution in [0, 0.1) is 0 Å². The first-order valence-corrected chi connectivity index (χ1v) is 3.56. The van der Waals surface area contributed by atoms with Crippen molar-refractivity contribution in [2.75, 3.05) is 6.61 Å². The van der Waals surface area contributed by atoms with E-state index in [1.54, 1.807) is 6.92 Å². The Morgan fingerprint density at radius 2 is 1.88 bits per heavy atom. The molecular weight excluding hydrogens is 174 g/mol. The maximum Gasteiger partial charge on any atom is 0.368 e. The van der Waals surface area contributed by atoms with Crippen molar-refractivity contribution in [2.24, 2.45) is 0 Å². The predicted molar refractivity (Wildman–Crippen MR) is 32.4 cm³/mol. The highest BCUT2D eigenvalue weighted by Crippen LogP contribution is 2.41. The summed E-state index contributed by atoms with van der Waals surface area (Å²) in [7, 11) is -1.53. The number of halogens is 2. The monoisotopic (exact) mass is 178 g/mol. The molecule has 0 aromatic heterocycles. The highest BCUT2D eigenvalue weighted by molar-refractivity contribution is 7.43. The van der Waals surface area contributed by atoms with E-state index in [0.717, 1.165) is 0 Å². The smallest absolute Gasteiger partial charge is 0.311 e. The minimum atomic E-state index is -1.53. The van der Waals surface area contributed by atoms with E-state index in [1.165, 1.54) is 0 Å². The van der Waals surface area contributed by atoms with Gasteiger partial charge < -0.3 is 4.52 Å². The van der Waals surface area contributed by atoms with Crippen LogP contribution in [0.15, 0.2) is 0 Å². The first kappa shape index (κ1) is 8.89. The maximum atomic E-state index is 4.84. The Balaban J connectivity index is 3.07. The molecule has 3 nitrogen and oxygen atoms in total. The largest absolute Gasteiger partial charge is 0.368 e. The average molecular weight is 179 g/mol. The van der Waals surface area contributed by atoms with Crippen LogP contribution in [0.4, 0.5) is 0 Å². The third-order valence-electron chi connectivity index (χ3n) is 0.347. The van der Waals surface area contributed by atoms with Gasteiger partial charge in [0.15, 0.2) is 0 Å². The van der Waals surface area contributed by atoms with E-state index in [0.29, 0.717) is 6.61 Å². The van der Waals surface area contributed by atoms with Crippen LogP contribution in [0.1, 0.15) is 6.92 Å². The number of hydrogen-bond donors (Lipinski definition) is 0. The van der Waals surface area contributed by atoms with Gasteiger partial charge in [-0.2, -0.15) is 8.15 Å². The van der Waals surface area contributed by atoms with Crippen LogP contribution in [0.25, 0.3) is 0 Å². The zero-order valence-corrected chi connectivity index (χ0v) is 6.54. The molecule has 0 fully saturated rings. The van der Waals surface area contributed by atoms with Crippen molar-refractivity contribution >= 4 is 32.3 Å². The Hall–Kier alpha value is 0.890. The summed E-state index contributed by atoms with van der Waals surface area (Å²) in [6.07, 6.45) is 0. The Labute approximate surface area is 59.2 Å². The van der Waals surface area contributed by atoms with Crippen molar-refractivity contribution in [1.29, 1.82) is 0 Å². The standard InChI is InChI=1S/C2H5Cl2O3P/c1-2-5-8(6-3)7-4/h2H2,1H3. The van der Waals surface area contributed by atoms with E-state index in [1.807, 2.05) is 0 Å². The van der Waals surface area contributed by atoms with Gasteiger partial charge in [0.05, 0.1) is 30.3 Å². The molecule has 0 aliphatic heterocycles. The molecule has 6 heteroatoms. The van der Waals surface area contributed by atoms with Crippen LogP contribution >= 0.6 is 32.3 Å². The molecule has 0 atom stereocenters. The summed E-state index contributed by atoms with van der Waals surface area (Å²) >= 11 is 9.68. The topological polar surface area (TPSA) is 27.7 Å². The van der Waals surface area contributed by atoms with Crippen molar-refractivity contribution in [1.82, 2.24) is 0 Å². The molecule has 0 aromatic carbocycles. The molecule has 50 valence electrons. The second-order valence-electron chi connectivity index (χ2n) is 0.779. The molecule has 8 heavy (non-hydrogen) atoms. The third-order valence-corrected chi connectivity index (χ3v) is 1.72. The summed E-state index contributed by atoms with van der Waals surface area (Å²) in [4.78, 5) is 0. The van der Waals surface area contributed by atoms with E-state index in [9.17, 15) is 0 Å². The van der Waals surface area contributed by atoms with Crippen molar-refractivity contribution in [3.8, 4) is 0 Å². The highest BCUT2D eigenvalue weighted by atomic mass is 35.5. The summed E-state index contributed by atoms with van der Waals surface area (Å²) < 4.78 is 12.9. The molecule has 0 radical (unpaired) electrons. The molecule has 0 rings (SSSR count). The lowest BCUT2D eigenvalue weighted by Gasteiger charge is -2.03. The Bertz CT molecular complexity index is 50.5. The van der Waals surface area contributed by atoms with Gasteiger partial charge in [-0.15, -0.1) is 0 Å². The second kappa shape index (κ2) is 6.02. The molecule has 0 bridgehead atoms. The van der Waals surface area contributed by atoms with Gasteiger partial charge in [-0.3, -0.25) is 0 Å². The molecule has 0 saturated carbocycles. The van der Waals surface area contributed by atoms with Crippen molar-refractivity contribution < 1.29 is 12.7 Å². The molecule has 0 aromatic rings. The fourth-order valence-electron chi connectivity index (χ4n) is 0.156. The van der Waals surface area contributed by atoms with Crippen molar-refractivity contribution in [3.05, 3.63) is 0 Å². The number of hydrogen-bond acceptors (Lipinski definition) is 3. The summed E-state index contributed by atoms with van der Waals surface area (Å²) in [6.45, 7) is 2.24. The van der Waals surface area contributed by atoms with Gasteiger partial charge in [-0.1, -0.05) is 0 Å². The molecule has 0 N–H and O–H groups in total. The third kappa shape index (κ3) is 3.84. The van der Waals surface area contributed by atoms with Gasteiger partial charge in [0, 0.05) is 0 Å². The second-order valence-corrected chi connectivity index (χ2v) is 2.59. The lowest BCUT2D eigenvalue weighted by molar-refractivity contribution is 0.292. The Morgan fingerprint density at radius 3 is 2.00 bits per heavy atom. The van der Waals surface area contributed by atoms with Gasteiger partial charge in [-0.25, -0.2) is 0 Å². The molecule has 0 spiro atoms. The average Bonchev–Trinajstić information content (AvgIpc) is 1.83. The molecule has 0 unspecified atom stereocenters. The first-order chi connectivity index (χ1) is 3.85. The fourth-order valence-corrected chi connectivity index (χ4v) is 0.962. The molecule has 0 heterocycles. The van der Waals surface area contributed by atoms with Gasteiger partial charge in [0.25, 0.3) is 0 Å². The predicted octanol–water partition coefficient (Wildman–Crippen LogP) is 2.59. The fraction of sp³-hybridized carbons (Fsp3) is 1.00. The van der Waals surface area contributed by atoms with Crippen LogP contribution in [-0.4, -0.2) is 6.61 Å². The van der Waals surface area contributed by atoms with E-state index in [2.05, 4.69) is 8.15 Å². The first-order valence-electron chi connectivity index (χ1n) is 1.85. The zero-order chi connectivity index (χ0) is 6.41. The highest BCUT2D eigenvalue weighted by Gasteiger charge is 2.08. The van der Waals surface area contributed by atoms with Gasteiger partial charge >= 0.3 is 8.60 Å². The Kier molecular flexibility index (Phi) is 6.69. The normalized spacial score (nSPS) is 10.5. The van der Waals surface area contributed by atoms with Crippen LogP contribution in [0.3, 0.4) is 0 Å². The molecule has 0 aliphatic carbocycles. The molecule has 0 saturated heterocycles. The Morgan fingerprint density at radius 1 is 1.38 bits per heavy atom. The molecule has 0 amide bonds. The molecular formula is C2H5Cl2O3P. The summed E-state index contributed by atoms with van der Waals surface area (Å²) in [5, 5.41) is 0. The lowest BCUT2D eigenvalue weighted by Crippen LogP contribution is -1.81. The lowest BCUT2D eigenvalue weighted by atomic mass is 10.9. The van der Waals surface area contributed by atoms with Crippen LogP contribution in [0.5, 0.6) is 0 Å². The zero-order valence-electron chi connectivity index (χ0n) is 4.13. The van der Waals surface area contributed by atoms with E-state index < -0.39 is 8.60 Å². The van der Waals surface area contributed by atoms with Gasteiger partial charge in [-0.05, 0) is 6.92 Å². The van der Waals surface area contributed by atoms with Crippen molar-refractivity contribution in [2.45, 2.75) is 6.92 Å². The van der Waals surface area contributed by atoms with Gasteiger partial charge in [0.1, 0.15) is 0 Å². The SMILES string of the molecule is CCOP(OCl)OCl. The summed E-state index contributed by atoms with van der Waals surface area (Å²) in [5.74, 6) is 0. The number of rotatable bonds is 4. The van der Waals surface area contributed by atoms with E-state index in [-0.39, 0.29) is 0 Å². The summed E-state index contributed by atoms with van der Waals surface area (Å²) in [6, 6.07) is 0. The minimum Gasteiger partial charge on any atom is -0.311 e. The summed E-state index contributed by atoms with van der Waals surface area (Å²) in [5.41, 5.74) is 0. The van der Waals surface area contributed by atoms with Crippen molar-refractivity contribution in [3.63, 3.8) is 0 Å². The quantitative estimate of drug-likeness (QED) is 0.620. The van der Waals surface area contributed by atoms with Crippen LogP contribution in [-0.2, 0) is 12.7 Å². The van der Waals surface area contributed by atoms with E-state index >= 15 is 0 Å². The minimum absolute atomic E-state index is 0.463. The van der Waals surface area contributed by atoms with Crippen LogP contribution in [0.2, 0.25) is 0 Å². The molecule has 0 aliphatic rings.